The van der Waals surface area contributed by atoms with E-state index in [1.165, 1.54) is 0 Å². The van der Waals surface area contributed by atoms with Crippen molar-refractivity contribution >= 4 is 17.4 Å². The van der Waals surface area contributed by atoms with E-state index in [0.29, 0.717) is 30.0 Å². The Hall–Kier alpha value is -2.50. The minimum Gasteiger partial charge on any atom is -0.356 e. The second-order valence-electron chi connectivity index (χ2n) is 6.78. The van der Waals surface area contributed by atoms with Crippen molar-refractivity contribution < 1.29 is 13.6 Å². The fourth-order valence-electron chi connectivity index (χ4n) is 3.19. The van der Waals surface area contributed by atoms with E-state index in [4.69, 9.17) is 0 Å². The van der Waals surface area contributed by atoms with Gasteiger partial charge in [-0.05, 0) is 43.5 Å². The summed E-state index contributed by atoms with van der Waals surface area (Å²) in [6.45, 7) is 4.42. The Bertz CT molecular complexity index is 793. The van der Waals surface area contributed by atoms with Crippen LogP contribution < -0.4 is 10.2 Å². The predicted octanol–water partition coefficient (Wildman–Crippen LogP) is 4.58. The molecule has 26 heavy (non-hydrogen) atoms. The fourth-order valence-corrected chi connectivity index (χ4v) is 3.19. The maximum absolute atomic E-state index is 13.7. The number of halogens is 2. The standard InChI is InChI=1S/C20H23F2N3O/c1-14-13-23-18(25-11-6-9-20(21,22)10-12-25)17(15(14)2)19(26)24-16-7-4-3-5-8-16/h3-5,7-8,13H,6,9-12H2,1-2H3,(H,24,26). The molecule has 6 heteroatoms. The molecule has 2 aromatic rings. The molecule has 1 aliphatic rings. The van der Waals surface area contributed by atoms with Crippen LogP contribution in [0.25, 0.3) is 0 Å². The van der Waals surface area contributed by atoms with Crippen LogP contribution in [0.4, 0.5) is 20.3 Å². The van der Waals surface area contributed by atoms with Crippen molar-refractivity contribution in [1.82, 2.24) is 4.98 Å². The van der Waals surface area contributed by atoms with Crippen molar-refractivity contribution in [2.45, 2.75) is 39.0 Å². The van der Waals surface area contributed by atoms with Crippen molar-refractivity contribution in [3.8, 4) is 0 Å². The van der Waals surface area contributed by atoms with Gasteiger partial charge in [0.05, 0.1) is 5.56 Å². The van der Waals surface area contributed by atoms with Gasteiger partial charge in [-0.1, -0.05) is 18.2 Å². The molecule has 1 fully saturated rings. The number of carbonyl (C=O) groups is 1. The summed E-state index contributed by atoms with van der Waals surface area (Å²) in [5.74, 6) is -2.43. The summed E-state index contributed by atoms with van der Waals surface area (Å²) >= 11 is 0. The highest BCUT2D eigenvalue weighted by atomic mass is 19.3. The van der Waals surface area contributed by atoms with Crippen LogP contribution >= 0.6 is 0 Å². The van der Waals surface area contributed by atoms with Crippen molar-refractivity contribution in [3.05, 3.63) is 53.2 Å². The van der Waals surface area contributed by atoms with E-state index in [2.05, 4.69) is 10.3 Å². The molecule has 0 unspecified atom stereocenters. The topological polar surface area (TPSA) is 45.2 Å². The van der Waals surface area contributed by atoms with E-state index in [1.54, 1.807) is 6.20 Å². The van der Waals surface area contributed by atoms with E-state index in [0.717, 1.165) is 11.1 Å². The molecule has 0 aliphatic carbocycles. The zero-order valence-corrected chi connectivity index (χ0v) is 15.1. The maximum Gasteiger partial charge on any atom is 0.259 e. The van der Waals surface area contributed by atoms with Crippen LogP contribution in [0.15, 0.2) is 36.5 Å². The number of nitrogens with one attached hydrogen (secondary N) is 1. The molecule has 1 aliphatic heterocycles. The van der Waals surface area contributed by atoms with Crippen LogP contribution in [0.1, 0.15) is 40.7 Å². The van der Waals surface area contributed by atoms with Crippen LogP contribution in [0.3, 0.4) is 0 Å². The summed E-state index contributed by atoms with van der Waals surface area (Å²) in [6.07, 6.45) is 1.73. The lowest BCUT2D eigenvalue weighted by Gasteiger charge is -2.25. The van der Waals surface area contributed by atoms with Crippen molar-refractivity contribution in [2.24, 2.45) is 0 Å². The Balaban J connectivity index is 1.93. The number of nitrogens with zero attached hydrogens (tertiary/aromatic N) is 2. The van der Waals surface area contributed by atoms with Crippen LogP contribution in [-0.4, -0.2) is 29.9 Å². The predicted molar refractivity (Wildman–Crippen MR) is 99.1 cm³/mol. The molecular formula is C20H23F2N3O. The highest BCUT2D eigenvalue weighted by Crippen LogP contribution is 2.32. The summed E-state index contributed by atoms with van der Waals surface area (Å²) in [6, 6.07) is 9.17. The molecule has 3 rings (SSSR count). The van der Waals surface area contributed by atoms with Gasteiger partial charge in [-0.25, -0.2) is 13.8 Å². The first kappa shape index (κ1) is 18.3. The monoisotopic (exact) mass is 359 g/mol. The summed E-state index contributed by atoms with van der Waals surface area (Å²) < 4.78 is 27.4. The lowest BCUT2D eigenvalue weighted by Crippen LogP contribution is -2.30. The van der Waals surface area contributed by atoms with Gasteiger partial charge in [0.2, 0.25) is 5.92 Å². The molecule has 0 spiro atoms. The average molecular weight is 359 g/mol. The molecule has 2 heterocycles. The summed E-state index contributed by atoms with van der Waals surface area (Å²) in [5.41, 5.74) is 2.86. The maximum atomic E-state index is 13.7. The van der Waals surface area contributed by atoms with Gasteiger partial charge >= 0.3 is 0 Å². The average Bonchev–Trinajstić information content (AvgIpc) is 2.78. The number of anilines is 2. The van der Waals surface area contributed by atoms with Gasteiger partial charge in [-0.3, -0.25) is 4.79 Å². The van der Waals surface area contributed by atoms with E-state index < -0.39 is 5.92 Å². The lowest BCUT2D eigenvalue weighted by molar-refractivity contribution is -0.0102. The SMILES string of the molecule is Cc1cnc(N2CCCC(F)(F)CC2)c(C(=O)Nc2ccccc2)c1C. The van der Waals surface area contributed by atoms with Gasteiger partial charge < -0.3 is 10.2 Å². The second-order valence-corrected chi connectivity index (χ2v) is 6.78. The zero-order chi connectivity index (χ0) is 18.7. The number of hydrogen-bond acceptors (Lipinski definition) is 3. The lowest BCUT2D eigenvalue weighted by atomic mass is 10.0. The van der Waals surface area contributed by atoms with E-state index >= 15 is 0 Å². The highest BCUT2D eigenvalue weighted by Gasteiger charge is 2.33. The molecule has 4 nitrogen and oxygen atoms in total. The molecule has 0 saturated carbocycles. The fraction of sp³-hybridized carbons (Fsp3) is 0.400. The molecule has 1 aromatic carbocycles. The van der Waals surface area contributed by atoms with Crippen LogP contribution in [-0.2, 0) is 0 Å². The number of rotatable bonds is 3. The van der Waals surface area contributed by atoms with Crippen LogP contribution in [0.2, 0.25) is 0 Å². The zero-order valence-electron chi connectivity index (χ0n) is 15.1. The Morgan fingerprint density at radius 1 is 1.15 bits per heavy atom. The summed E-state index contributed by atoms with van der Waals surface area (Å²) in [7, 11) is 0. The highest BCUT2D eigenvalue weighted by molar-refractivity contribution is 6.08. The number of carbonyl (C=O) groups excluding carboxylic acids is 1. The smallest absolute Gasteiger partial charge is 0.259 e. The van der Waals surface area contributed by atoms with Gasteiger partial charge in [-0.15, -0.1) is 0 Å². The van der Waals surface area contributed by atoms with Crippen LogP contribution in [0.5, 0.6) is 0 Å². The third kappa shape index (κ3) is 4.00. The molecule has 0 radical (unpaired) electrons. The number of aryl methyl sites for hydroxylation is 1. The van der Waals surface area contributed by atoms with E-state index in [9.17, 15) is 13.6 Å². The Morgan fingerprint density at radius 2 is 1.88 bits per heavy atom. The number of para-hydroxylation sites is 1. The molecular weight excluding hydrogens is 336 g/mol. The molecule has 1 saturated heterocycles. The van der Waals surface area contributed by atoms with E-state index in [1.807, 2.05) is 49.1 Å². The first-order valence-corrected chi connectivity index (χ1v) is 8.83. The first-order chi connectivity index (χ1) is 12.4. The van der Waals surface area contributed by atoms with Gasteiger partial charge in [0.25, 0.3) is 5.91 Å². The minimum atomic E-state index is -2.65. The molecule has 1 aromatic heterocycles. The summed E-state index contributed by atoms with van der Waals surface area (Å²) in [5, 5.41) is 2.88. The van der Waals surface area contributed by atoms with E-state index in [-0.39, 0.29) is 25.3 Å². The Kier molecular flexibility index (Phi) is 5.20. The first-order valence-electron chi connectivity index (χ1n) is 8.83. The van der Waals surface area contributed by atoms with Crippen LogP contribution in [0, 0.1) is 13.8 Å². The number of alkyl halides is 2. The van der Waals surface area contributed by atoms with Gasteiger partial charge in [0.15, 0.2) is 0 Å². The molecule has 0 atom stereocenters. The molecule has 1 amide bonds. The second kappa shape index (κ2) is 7.40. The third-order valence-corrected chi connectivity index (χ3v) is 4.85. The van der Waals surface area contributed by atoms with Gasteiger partial charge in [-0.2, -0.15) is 0 Å². The molecule has 1 N–H and O–H groups in total. The number of amides is 1. The third-order valence-electron chi connectivity index (χ3n) is 4.85. The normalized spacial score (nSPS) is 16.8. The van der Waals surface area contributed by atoms with Crippen molar-refractivity contribution in [3.63, 3.8) is 0 Å². The number of pyridine rings is 1. The van der Waals surface area contributed by atoms with Crippen molar-refractivity contribution in [2.75, 3.05) is 23.3 Å². The number of aromatic nitrogens is 1. The minimum absolute atomic E-state index is 0.125. The van der Waals surface area contributed by atoms with Crippen molar-refractivity contribution in [1.29, 1.82) is 0 Å². The van der Waals surface area contributed by atoms with Gasteiger partial charge in [0, 0.05) is 37.8 Å². The molecule has 138 valence electrons. The number of hydrogen-bond donors (Lipinski definition) is 1. The summed E-state index contributed by atoms with van der Waals surface area (Å²) in [4.78, 5) is 19.2. The molecule has 0 bridgehead atoms. The Labute approximate surface area is 152 Å². The Morgan fingerprint density at radius 3 is 2.62 bits per heavy atom. The largest absolute Gasteiger partial charge is 0.356 e. The quantitative estimate of drug-likeness (QED) is 0.873. The number of benzene rings is 1. The van der Waals surface area contributed by atoms with Gasteiger partial charge in [0.1, 0.15) is 5.82 Å².